The van der Waals surface area contributed by atoms with Crippen molar-refractivity contribution in [2.45, 2.75) is 77.4 Å². The van der Waals surface area contributed by atoms with Crippen molar-refractivity contribution in [2.24, 2.45) is 17.1 Å². The van der Waals surface area contributed by atoms with Crippen molar-refractivity contribution in [3.05, 3.63) is 0 Å². The van der Waals surface area contributed by atoms with Gasteiger partial charge in [-0.05, 0) is 37.5 Å². The van der Waals surface area contributed by atoms with E-state index in [0.717, 1.165) is 25.7 Å². The maximum Gasteiger partial charge on any atom is 0.391 e. The van der Waals surface area contributed by atoms with Crippen LogP contribution in [0.25, 0.3) is 0 Å². The van der Waals surface area contributed by atoms with Gasteiger partial charge in [0.1, 0.15) is 0 Å². The normalized spacial score (nSPS) is 30.5. The highest BCUT2D eigenvalue weighted by molar-refractivity contribution is 4.92. The highest BCUT2D eigenvalue weighted by Gasteiger charge is 2.45. The number of rotatable bonds is 3. The van der Waals surface area contributed by atoms with Gasteiger partial charge in [-0.3, -0.25) is 0 Å². The number of alkyl halides is 3. The molecule has 0 aromatic rings. The highest BCUT2D eigenvalue weighted by atomic mass is 19.4. The minimum Gasteiger partial charge on any atom is -0.325 e. The van der Waals surface area contributed by atoms with Gasteiger partial charge < -0.3 is 5.73 Å². The lowest BCUT2D eigenvalue weighted by atomic mass is 9.73. The molecule has 0 amide bonds. The molecule has 0 saturated heterocycles. The average molecular weight is 265 g/mol. The van der Waals surface area contributed by atoms with E-state index in [1.165, 1.54) is 0 Å². The second-order valence-corrected chi connectivity index (χ2v) is 7.11. The Bertz CT molecular complexity index is 267. The SMILES string of the molecule is CC(C)(C)CCCC1(N)CCCC(C(F)(F)F)C1. The van der Waals surface area contributed by atoms with Gasteiger partial charge in [-0.15, -0.1) is 0 Å². The smallest absolute Gasteiger partial charge is 0.325 e. The Labute approximate surface area is 108 Å². The number of hydrogen-bond donors (Lipinski definition) is 1. The zero-order valence-electron chi connectivity index (χ0n) is 11.7. The van der Waals surface area contributed by atoms with Gasteiger partial charge in [0.15, 0.2) is 0 Å². The first-order valence-electron chi connectivity index (χ1n) is 6.88. The van der Waals surface area contributed by atoms with Crippen molar-refractivity contribution in [1.29, 1.82) is 0 Å². The van der Waals surface area contributed by atoms with Crippen LogP contribution in [0.4, 0.5) is 13.2 Å². The molecule has 0 aliphatic heterocycles. The molecule has 0 bridgehead atoms. The maximum absolute atomic E-state index is 12.7. The van der Waals surface area contributed by atoms with Crippen LogP contribution >= 0.6 is 0 Å². The number of halogens is 3. The molecule has 2 unspecified atom stereocenters. The van der Waals surface area contributed by atoms with Gasteiger partial charge in [0.2, 0.25) is 0 Å². The Hall–Kier alpha value is -0.250. The molecule has 4 heteroatoms. The molecule has 0 spiro atoms. The molecule has 2 N–H and O–H groups in total. The Balaban J connectivity index is 2.48. The fourth-order valence-corrected chi connectivity index (χ4v) is 2.87. The van der Waals surface area contributed by atoms with Gasteiger partial charge >= 0.3 is 6.18 Å². The molecular weight excluding hydrogens is 239 g/mol. The summed E-state index contributed by atoms with van der Waals surface area (Å²) in [5, 5.41) is 0. The average Bonchev–Trinajstić information content (AvgIpc) is 2.13. The number of nitrogens with two attached hydrogens (primary N) is 1. The summed E-state index contributed by atoms with van der Waals surface area (Å²) >= 11 is 0. The van der Waals surface area contributed by atoms with Crippen molar-refractivity contribution in [2.75, 3.05) is 0 Å². The predicted octanol–water partition coefficient (Wildman–Crippen LogP) is 4.65. The minimum absolute atomic E-state index is 0.112. The standard InChI is InChI=1S/C14H26F3N/c1-12(2,3)7-5-9-13(18)8-4-6-11(10-13)14(15,16)17/h11H,4-10,18H2,1-3H3. The molecule has 0 aromatic carbocycles. The van der Waals surface area contributed by atoms with E-state index >= 15 is 0 Å². The van der Waals surface area contributed by atoms with Crippen LogP contribution in [-0.4, -0.2) is 11.7 Å². The molecule has 0 radical (unpaired) electrons. The van der Waals surface area contributed by atoms with E-state index in [2.05, 4.69) is 20.8 Å². The van der Waals surface area contributed by atoms with Crippen LogP contribution in [0.3, 0.4) is 0 Å². The molecule has 0 aromatic heterocycles. The van der Waals surface area contributed by atoms with Crippen LogP contribution in [0.2, 0.25) is 0 Å². The number of hydrogen-bond acceptors (Lipinski definition) is 1. The van der Waals surface area contributed by atoms with Crippen molar-refractivity contribution in [1.82, 2.24) is 0 Å². The maximum atomic E-state index is 12.7. The van der Waals surface area contributed by atoms with Crippen LogP contribution in [0.5, 0.6) is 0 Å². The van der Waals surface area contributed by atoms with Crippen LogP contribution in [0.1, 0.15) is 65.7 Å². The molecule has 1 aliphatic carbocycles. The van der Waals surface area contributed by atoms with Gasteiger partial charge in [-0.25, -0.2) is 0 Å². The first kappa shape index (κ1) is 15.8. The van der Waals surface area contributed by atoms with Gasteiger partial charge in [-0.2, -0.15) is 13.2 Å². The second-order valence-electron chi connectivity index (χ2n) is 7.11. The van der Waals surface area contributed by atoms with E-state index in [1.807, 2.05) is 0 Å². The molecule has 1 aliphatic rings. The topological polar surface area (TPSA) is 26.0 Å². The van der Waals surface area contributed by atoms with Crippen LogP contribution in [-0.2, 0) is 0 Å². The first-order chi connectivity index (χ1) is 8.02. The Kier molecular flexibility index (Phi) is 4.74. The fourth-order valence-electron chi connectivity index (χ4n) is 2.87. The Morgan fingerprint density at radius 2 is 1.83 bits per heavy atom. The summed E-state index contributed by atoms with van der Waals surface area (Å²) < 4.78 is 38.2. The summed E-state index contributed by atoms with van der Waals surface area (Å²) in [7, 11) is 0. The van der Waals surface area contributed by atoms with E-state index in [9.17, 15) is 13.2 Å². The molecule has 18 heavy (non-hydrogen) atoms. The third-order valence-electron chi connectivity index (χ3n) is 3.94. The van der Waals surface area contributed by atoms with Crippen molar-refractivity contribution >= 4 is 0 Å². The van der Waals surface area contributed by atoms with E-state index in [0.29, 0.717) is 6.42 Å². The summed E-state index contributed by atoms with van der Waals surface area (Å²) in [6.07, 6.45) is 0.293. The fraction of sp³-hybridized carbons (Fsp3) is 1.00. The van der Waals surface area contributed by atoms with E-state index in [4.69, 9.17) is 5.73 Å². The molecular formula is C14H26F3N. The summed E-state index contributed by atoms with van der Waals surface area (Å²) in [6.45, 7) is 6.45. The lowest BCUT2D eigenvalue weighted by Crippen LogP contribution is -2.47. The molecule has 1 saturated carbocycles. The van der Waals surface area contributed by atoms with Crippen molar-refractivity contribution in [3.63, 3.8) is 0 Å². The quantitative estimate of drug-likeness (QED) is 0.789. The lowest BCUT2D eigenvalue weighted by molar-refractivity contribution is -0.187. The van der Waals surface area contributed by atoms with E-state index < -0.39 is 17.6 Å². The van der Waals surface area contributed by atoms with Gasteiger partial charge in [0.25, 0.3) is 0 Å². The van der Waals surface area contributed by atoms with E-state index in [-0.39, 0.29) is 18.3 Å². The third kappa shape index (κ3) is 5.17. The van der Waals surface area contributed by atoms with Crippen LogP contribution < -0.4 is 5.73 Å². The van der Waals surface area contributed by atoms with Gasteiger partial charge in [-0.1, -0.05) is 33.6 Å². The Morgan fingerprint density at radius 1 is 1.22 bits per heavy atom. The Morgan fingerprint density at radius 3 is 2.33 bits per heavy atom. The molecule has 1 rings (SSSR count). The lowest BCUT2D eigenvalue weighted by Gasteiger charge is -2.39. The monoisotopic (exact) mass is 265 g/mol. The second kappa shape index (κ2) is 5.40. The molecule has 108 valence electrons. The summed E-state index contributed by atoms with van der Waals surface area (Å²) in [6, 6.07) is 0. The van der Waals surface area contributed by atoms with Crippen molar-refractivity contribution < 1.29 is 13.2 Å². The molecule has 0 heterocycles. The molecule has 1 nitrogen and oxygen atoms in total. The zero-order chi connectivity index (χ0) is 14.0. The molecule has 1 fully saturated rings. The minimum atomic E-state index is -4.07. The first-order valence-corrected chi connectivity index (χ1v) is 6.88. The largest absolute Gasteiger partial charge is 0.391 e. The predicted molar refractivity (Wildman–Crippen MR) is 68.2 cm³/mol. The van der Waals surface area contributed by atoms with Crippen LogP contribution in [0.15, 0.2) is 0 Å². The zero-order valence-corrected chi connectivity index (χ0v) is 11.7. The molecule has 2 atom stereocenters. The van der Waals surface area contributed by atoms with Crippen molar-refractivity contribution in [3.8, 4) is 0 Å². The summed E-state index contributed by atoms with van der Waals surface area (Å²) in [5.41, 5.74) is 5.81. The summed E-state index contributed by atoms with van der Waals surface area (Å²) in [5.74, 6) is -1.19. The van der Waals surface area contributed by atoms with Gasteiger partial charge in [0, 0.05) is 5.54 Å². The van der Waals surface area contributed by atoms with Gasteiger partial charge in [0.05, 0.1) is 5.92 Å². The third-order valence-corrected chi connectivity index (χ3v) is 3.94. The summed E-state index contributed by atoms with van der Waals surface area (Å²) in [4.78, 5) is 0. The highest BCUT2D eigenvalue weighted by Crippen LogP contribution is 2.42. The van der Waals surface area contributed by atoms with Crippen LogP contribution in [0, 0.1) is 11.3 Å². The van der Waals surface area contributed by atoms with E-state index in [1.54, 1.807) is 0 Å².